The summed E-state index contributed by atoms with van der Waals surface area (Å²) in [7, 11) is 0. The predicted octanol–water partition coefficient (Wildman–Crippen LogP) is 4.25. The molecule has 23 heavy (non-hydrogen) atoms. The summed E-state index contributed by atoms with van der Waals surface area (Å²) in [4.78, 5) is 2.29. The average Bonchev–Trinajstić information content (AvgIpc) is 3.02. The van der Waals surface area contributed by atoms with Crippen LogP contribution < -0.4 is 5.32 Å². The monoisotopic (exact) mass is 366 g/mol. The lowest BCUT2D eigenvalue weighted by atomic mass is 9.88. The number of halogens is 4. The van der Waals surface area contributed by atoms with Gasteiger partial charge in [0.1, 0.15) is 11.6 Å². The summed E-state index contributed by atoms with van der Waals surface area (Å²) < 4.78 is 29.0. The quantitative estimate of drug-likeness (QED) is 0.859. The van der Waals surface area contributed by atoms with Crippen LogP contribution in [0.5, 0.6) is 0 Å². The minimum absolute atomic E-state index is 0. The Kier molecular flexibility index (Phi) is 8.22. The van der Waals surface area contributed by atoms with Gasteiger partial charge in [0, 0.05) is 37.8 Å². The van der Waals surface area contributed by atoms with Crippen molar-refractivity contribution in [3.8, 4) is 0 Å². The van der Waals surface area contributed by atoms with Crippen LogP contribution in [0.2, 0.25) is 0 Å². The number of nitrogens with zero attached hydrogens (tertiary/aromatic N) is 1. The van der Waals surface area contributed by atoms with Gasteiger partial charge in [-0.3, -0.25) is 4.90 Å². The van der Waals surface area contributed by atoms with E-state index in [4.69, 9.17) is 0 Å². The first-order valence-corrected chi connectivity index (χ1v) is 8.07. The molecule has 2 aliphatic rings. The van der Waals surface area contributed by atoms with Crippen molar-refractivity contribution < 1.29 is 8.78 Å². The molecule has 1 aromatic carbocycles. The molecule has 1 saturated heterocycles. The molecule has 6 heteroatoms. The Bertz CT molecular complexity index is 502. The van der Waals surface area contributed by atoms with Gasteiger partial charge in [-0.2, -0.15) is 0 Å². The van der Waals surface area contributed by atoms with Crippen molar-refractivity contribution >= 4 is 24.8 Å². The Hall–Kier alpha value is -0.420. The molecule has 1 heterocycles. The zero-order valence-corrected chi connectivity index (χ0v) is 15.1. The second-order valence-corrected chi connectivity index (χ2v) is 6.37. The van der Waals surface area contributed by atoms with Gasteiger partial charge in [0.25, 0.3) is 0 Å². The highest BCUT2D eigenvalue weighted by Gasteiger charge is 2.35. The Labute approximate surface area is 149 Å². The number of nitrogens with one attached hydrogen (secondary N) is 1. The van der Waals surface area contributed by atoms with Crippen LogP contribution in [0.25, 0.3) is 0 Å². The highest BCUT2D eigenvalue weighted by Crippen LogP contribution is 2.41. The van der Waals surface area contributed by atoms with Gasteiger partial charge in [0.05, 0.1) is 0 Å². The van der Waals surface area contributed by atoms with E-state index in [2.05, 4.69) is 10.2 Å². The van der Waals surface area contributed by atoms with Gasteiger partial charge in [-0.25, -0.2) is 8.78 Å². The third kappa shape index (κ3) is 4.36. The van der Waals surface area contributed by atoms with Crippen molar-refractivity contribution in [2.45, 2.75) is 38.6 Å². The number of benzene rings is 1. The van der Waals surface area contributed by atoms with E-state index in [0.717, 1.165) is 39.0 Å². The summed E-state index contributed by atoms with van der Waals surface area (Å²) in [5.41, 5.74) is 0.855. The van der Waals surface area contributed by atoms with Crippen LogP contribution in [0.4, 0.5) is 8.78 Å². The number of rotatable bonds is 3. The normalized spacial score (nSPS) is 20.7. The van der Waals surface area contributed by atoms with Gasteiger partial charge in [-0.05, 0) is 37.3 Å². The third-order valence-electron chi connectivity index (χ3n) is 5.01. The Morgan fingerprint density at radius 3 is 2.30 bits per heavy atom. The van der Waals surface area contributed by atoms with E-state index in [9.17, 15) is 8.78 Å². The Morgan fingerprint density at radius 1 is 1.09 bits per heavy atom. The van der Waals surface area contributed by atoms with Gasteiger partial charge in [0.2, 0.25) is 0 Å². The smallest absolute Gasteiger partial charge is 0.133 e. The van der Waals surface area contributed by atoms with Gasteiger partial charge in [-0.1, -0.05) is 18.9 Å². The number of piperazine rings is 1. The molecule has 0 unspecified atom stereocenters. The minimum atomic E-state index is -0.381. The fourth-order valence-corrected chi connectivity index (χ4v) is 3.90. The van der Waals surface area contributed by atoms with Crippen LogP contribution in [0.3, 0.4) is 0 Å². The van der Waals surface area contributed by atoms with Crippen LogP contribution >= 0.6 is 24.8 Å². The zero-order valence-electron chi connectivity index (χ0n) is 13.5. The van der Waals surface area contributed by atoms with Crippen LogP contribution in [0.1, 0.15) is 42.9 Å². The molecule has 0 spiro atoms. The summed E-state index contributed by atoms with van der Waals surface area (Å²) in [5.74, 6) is -0.340. The maximum Gasteiger partial charge on any atom is 0.133 e. The summed E-state index contributed by atoms with van der Waals surface area (Å²) in [6, 6.07) is 2.87. The Morgan fingerprint density at radius 2 is 1.70 bits per heavy atom. The third-order valence-corrected chi connectivity index (χ3v) is 5.01. The second kappa shape index (κ2) is 9.16. The molecule has 0 radical (unpaired) electrons. The van der Waals surface area contributed by atoms with E-state index in [-0.39, 0.29) is 42.5 Å². The fraction of sp³-hybridized carbons (Fsp3) is 0.647. The van der Waals surface area contributed by atoms with Crippen LogP contribution in [-0.2, 0) is 0 Å². The number of hydrogen-bond acceptors (Lipinski definition) is 2. The molecule has 1 aromatic rings. The van der Waals surface area contributed by atoms with Crippen LogP contribution in [0, 0.1) is 24.5 Å². The zero-order chi connectivity index (χ0) is 14.8. The molecule has 1 aliphatic heterocycles. The van der Waals surface area contributed by atoms with E-state index >= 15 is 0 Å². The summed E-state index contributed by atoms with van der Waals surface area (Å²) >= 11 is 0. The fourth-order valence-electron chi connectivity index (χ4n) is 3.90. The van der Waals surface area contributed by atoms with Gasteiger partial charge < -0.3 is 5.32 Å². The molecule has 0 bridgehead atoms. The molecule has 1 atom stereocenters. The average molecular weight is 367 g/mol. The number of aryl methyl sites for hydroxylation is 1. The number of hydrogen-bond donors (Lipinski definition) is 1. The maximum absolute atomic E-state index is 14.6. The molecule has 1 saturated carbocycles. The summed E-state index contributed by atoms with van der Waals surface area (Å²) in [6.45, 7) is 5.26. The molecule has 132 valence electrons. The van der Waals surface area contributed by atoms with Crippen molar-refractivity contribution in [1.29, 1.82) is 0 Å². The maximum atomic E-state index is 14.6. The highest BCUT2D eigenvalue weighted by atomic mass is 35.5. The van der Waals surface area contributed by atoms with E-state index in [1.54, 1.807) is 6.92 Å². The van der Waals surface area contributed by atoms with Gasteiger partial charge >= 0.3 is 0 Å². The molecule has 0 amide bonds. The molecule has 2 fully saturated rings. The first-order chi connectivity index (χ1) is 10.2. The predicted molar refractivity (Wildman–Crippen MR) is 94.7 cm³/mol. The van der Waals surface area contributed by atoms with Crippen LogP contribution in [0.15, 0.2) is 12.1 Å². The molecular weight excluding hydrogens is 341 g/mol. The highest BCUT2D eigenvalue weighted by molar-refractivity contribution is 5.85. The topological polar surface area (TPSA) is 15.3 Å². The first kappa shape index (κ1) is 20.6. The van der Waals surface area contributed by atoms with Crippen molar-refractivity contribution in [2.24, 2.45) is 5.92 Å². The first-order valence-electron chi connectivity index (χ1n) is 8.07. The minimum Gasteiger partial charge on any atom is -0.314 e. The lowest BCUT2D eigenvalue weighted by Gasteiger charge is -2.39. The molecule has 1 N–H and O–H groups in total. The van der Waals surface area contributed by atoms with Crippen LogP contribution in [-0.4, -0.2) is 31.1 Å². The van der Waals surface area contributed by atoms with E-state index in [0.29, 0.717) is 17.0 Å². The lowest BCUT2D eigenvalue weighted by molar-refractivity contribution is 0.119. The molecule has 1 aliphatic carbocycles. The second-order valence-electron chi connectivity index (χ2n) is 6.37. The van der Waals surface area contributed by atoms with Gasteiger partial charge in [-0.15, -0.1) is 24.8 Å². The standard InChI is InChI=1S/C17H24F2N2.2ClH/c1-12-6-7-14(18)15(16(12)19)17(13-4-2-3-5-13)21-10-8-20-9-11-21;;/h6-7,13,17,20H,2-5,8-11H2,1H3;2*1H/t17-;;/m1../s1. The summed E-state index contributed by atoms with van der Waals surface area (Å²) in [5, 5.41) is 3.32. The lowest BCUT2D eigenvalue weighted by Crippen LogP contribution is -2.47. The van der Waals surface area contributed by atoms with Crippen molar-refractivity contribution in [1.82, 2.24) is 10.2 Å². The van der Waals surface area contributed by atoms with Crippen molar-refractivity contribution in [3.63, 3.8) is 0 Å². The van der Waals surface area contributed by atoms with Crippen molar-refractivity contribution in [2.75, 3.05) is 26.2 Å². The van der Waals surface area contributed by atoms with Crippen molar-refractivity contribution in [3.05, 3.63) is 34.9 Å². The molecular formula is C17H26Cl2F2N2. The SMILES string of the molecule is Cc1ccc(F)c([C@@H](C2CCCC2)N2CCNCC2)c1F.Cl.Cl. The summed E-state index contributed by atoms with van der Waals surface area (Å²) in [6.07, 6.45) is 4.54. The van der Waals surface area contributed by atoms with Gasteiger partial charge in [0.15, 0.2) is 0 Å². The van der Waals surface area contributed by atoms with E-state index < -0.39 is 0 Å². The molecule has 0 aromatic heterocycles. The molecule has 3 rings (SSSR count). The Balaban J connectivity index is 0.00000132. The van der Waals surface area contributed by atoms with E-state index in [1.165, 1.54) is 25.0 Å². The largest absolute Gasteiger partial charge is 0.314 e. The van der Waals surface area contributed by atoms with E-state index in [1.807, 2.05) is 0 Å². The molecule has 2 nitrogen and oxygen atoms in total.